The van der Waals surface area contributed by atoms with E-state index in [2.05, 4.69) is 114 Å². The van der Waals surface area contributed by atoms with Crippen molar-refractivity contribution in [3.05, 3.63) is 94.8 Å². The highest BCUT2D eigenvalue weighted by molar-refractivity contribution is 5.80. The Kier molecular flexibility index (Phi) is 6.79. The van der Waals surface area contributed by atoms with E-state index < -0.39 is 0 Å². The van der Waals surface area contributed by atoms with Gasteiger partial charge >= 0.3 is 0 Å². The number of benzene rings is 3. The van der Waals surface area contributed by atoms with Crippen molar-refractivity contribution in [3.8, 4) is 28.2 Å². The molecule has 0 spiro atoms. The van der Waals surface area contributed by atoms with Crippen molar-refractivity contribution in [1.82, 2.24) is 9.55 Å². The predicted octanol–water partition coefficient (Wildman–Crippen LogP) is 8.77. The lowest BCUT2D eigenvalue weighted by molar-refractivity contribution is 0.439. The van der Waals surface area contributed by atoms with Gasteiger partial charge in [0, 0.05) is 23.6 Å². The molecule has 0 N–H and O–H groups in total. The Morgan fingerprint density at radius 2 is 1.44 bits per heavy atom. The zero-order valence-electron chi connectivity index (χ0n) is 21.9. The Labute approximate surface area is 205 Å². The number of hydrogen-bond acceptors (Lipinski definition) is 1. The number of imidazole rings is 1. The lowest BCUT2D eigenvalue weighted by Gasteiger charge is -2.31. The van der Waals surface area contributed by atoms with E-state index in [1.807, 2.05) is 6.20 Å². The molecule has 0 saturated carbocycles. The van der Waals surface area contributed by atoms with Crippen molar-refractivity contribution in [3.63, 3.8) is 0 Å². The van der Waals surface area contributed by atoms with E-state index in [0.717, 1.165) is 25.1 Å². The third kappa shape index (κ3) is 4.11. The Morgan fingerprint density at radius 1 is 0.794 bits per heavy atom. The van der Waals surface area contributed by atoms with Crippen LogP contribution in [0, 0.1) is 20.8 Å². The maximum absolute atomic E-state index is 4.94. The van der Waals surface area contributed by atoms with Crippen LogP contribution in [0.2, 0.25) is 0 Å². The number of nitrogens with zero attached hydrogens (tertiary/aromatic N) is 2. The summed E-state index contributed by atoms with van der Waals surface area (Å²) >= 11 is 0. The van der Waals surface area contributed by atoms with E-state index in [9.17, 15) is 0 Å². The van der Waals surface area contributed by atoms with Gasteiger partial charge in [0.2, 0.25) is 0 Å². The summed E-state index contributed by atoms with van der Waals surface area (Å²) in [6.45, 7) is 15.9. The lowest BCUT2D eigenvalue weighted by Crippen LogP contribution is -2.22. The molecule has 34 heavy (non-hydrogen) atoms. The maximum atomic E-state index is 4.94. The van der Waals surface area contributed by atoms with Crippen LogP contribution in [0.15, 0.2) is 67.0 Å². The smallest absolute Gasteiger partial charge is 0.144 e. The van der Waals surface area contributed by atoms with Crippen LogP contribution in [0.5, 0.6) is 0 Å². The van der Waals surface area contributed by atoms with Gasteiger partial charge in [0.1, 0.15) is 5.82 Å². The van der Waals surface area contributed by atoms with E-state index in [1.54, 1.807) is 0 Å². The highest BCUT2D eigenvalue weighted by atomic mass is 15.1. The molecule has 2 heteroatoms. The van der Waals surface area contributed by atoms with Crippen molar-refractivity contribution in [2.45, 2.75) is 73.1 Å². The second-order valence-electron chi connectivity index (χ2n) is 9.85. The van der Waals surface area contributed by atoms with Crippen LogP contribution in [0.3, 0.4) is 0 Å². The molecule has 0 unspecified atom stereocenters. The summed E-state index contributed by atoms with van der Waals surface area (Å²) in [6.07, 6.45) is 7.23. The summed E-state index contributed by atoms with van der Waals surface area (Å²) < 4.78 is 2.26. The first-order valence-electron chi connectivity index (χ1n) is 12.7. The molecule has 0 saturated heterocycles. The number of hydrogen-bond donors (Lipinski definition) is 0. The average molecular weight is 451 g/mol. The Balaban J connectivity index is 2.08. The van der Waals surface area contributed by atoms with Gasteiger partial charge in [-0.05, 0) is 96.5 Å². The van der Waals surface area contributed by atoms with Gasteiger partial charge < -0.3 is 0 Å². The molecule has 3 aromatic carbocycles. The first kappa shape index (κ1) is 24.0. The molecule has 0 aliphatic carbocycles. The highest BCUT2D eigenvalue weighted by Crippen LogP contribution is 2.43. The second kappa shape index (κ2) is 9.62. The molecule has 0 bridgehead atoms. The van der Waals surface area contributed by atoms with E-state index in [1.165, 1.54) is 50.2 Å². The first-order chi connectivity index (χ1) is 16.3. The number of aryl methyl sites for hydroxylation is 4. The van der Waals surface area contributed by atoms with Crippen LogP contribution in [0.4, 0.5) is 0 Å². The van der Waals surface area contributed by atoms with Crippen LogP contribution in [-0.4, -0.2) is 9.55 Å². The average Bonchev–Trinajstić information content (AvgIpc) is 3.33. The van der Waals surface area contributed by atoms with Gasteiger partial charge in [-0.3, -0.25) is 4.57 Å². The predicted molar refractivity (Wildman–Crippen MR) is 146 cm³/mol. The SMILES string of the molecule is CCc1cc(C(C)(CC)CC)c(-c2nccn2-c2ccccc2C)cc1-c1c(C)cccc1C. The van der Waals surface area contributed by atoms with Crippen molar-refractivity contribution < 1.29 is 0 Å². The molecule has 0 amide bonds. The lowest BCUT2D eigenvalue weighted by atomic mass is 9.73. The van der Waals surface area contributed by atoms with Crippen molar-refractivity contribution in [2.24, 2.45) is 0 Å². The third-order valence-corrected chi connectivity index (χ3v) is 7.84. The molecular weight excluding hydrogens is 412 g/mol. The topological polar surface area (TPSA) is 17.8 Å². The molecule has 0 fully saturated rings. The van der Waals surface area contributed by atoms with Crippen LogP contribution >= 0.6 is 0 Å². The summed E-state index contributed by atoms with van der Waals surface area (Å²) in [5.74, 6) is 1.02. The van der Waals surface area contributed by atoms with Gasteiger partial charge in [-0.15, -0.1) is 0 Å². The summed E-state index contributed by atoms with van der Waals surface area (Å²) in [4.78, 5) is 4.94. The monoisotopic (exact) mass is 450 g/mol. The van der Waals surface area contributed by atoms with Crippen LogP contribution < -0.4 is 0 Å². The molecule has 1 heterocycles. The molecule has 4 aromatic rings. The zero-order valence-corrected chi connectivity index (χ0v) is 21.9. The minimum atomic E-state index is 0.0844. The molecule has 176 valence electrons. The molecule has 0 aliphatic heterocycles. The van der Waals surface area contributed by atoms with E-state index in [0.29, 0.717) is 0 Å². The number of aromatic nitrogens is 2. The van der Waals surface area contributed by atoms with Crippen molar-refractivity contribution >= 4 is 0 Å². The van der Waals surface area contributed by atoms with E-state index in [4.69, 9.17) is 4.98 Å². The zero-order chi connectivity index (χ0) is 24.5. The maximum Gasteiger partial charge on any atom is 0.144 e. The molecule has 2 nitrogen and oxygen atoms in total. The minimum Gasteiger partial charge on any atom is -0.300 e. The number of para-hydroxylation sites is 1. The van der Waals surface area contributed by atoms with Gasteiger partial charge in [0.05, 0.1) is 0 Å². The Bertz CT molecular complexity index is 1280. The van der Waals surface area contributed by atoms with Crippen molar-refractivity contribution in [2.75, 3.05) is 0 Å². The molecule has 1 aromatic heterocycles. The van der Waals surface area contributed by atoms with Crippen LogP contribution in [-0.2, 0) is 11.8 Å². The molecular formula is C32H38N2. The van der Waals surface area contributed by atoms with Crippen LogP contribution in [0.1, 0.15) is 68.4 Å². The second-order valence-corrected chi connectivity index (χ2v) is 9.85. The summed E-state index contributed by atoms with van der Waals surface area (Å²) in [5.41, 5.74) is 11.9. The van der Waals surface area contributed by atoms with E-state index in [-0.39, 0.29) is 5.41 Å². The number of rotatable bonds is 7. The third-order valence-electron chi connectivity index (χ3n) is 7.84. The van der Waals surface area contributed by atoms with Gasteiger partial charge in [0.25, 0.3) is 0 Å². The molecule has 0 aliphatic rings. The van der Waals surface area contributed by atoms with E-state index >= 15 is 0 Å². The van der Waals surface area contributed by atoms with Gasteiger partial charge in [-0.25, -0.2) is 4.98 Å². The summed E-state index contributed by atoms with van der Waals surface area (Å²) in [7, 11) is 0. The summed E-state index contributed by atoms with van der Waals surface area (Å²) in [5, 5.41) is 0. The van der Waals surface area contributed by atoms with Gasteiger partial charge in [0.15, 0.2) is 0 Å². The molecule has 4 rings (SSSR count). The first-order valence-corrected chi connectivity index (χ1v) is 12.7. The largest absolute Gasteiger partial charge is 0.300 e. The quantitative estimate of drug-likeness (QED) is 0.275. The fourth-order valence-corrected chi connectivity index (χ4v) is 5.26. The normalized spacial score (nSPS) is 11.7. The van der Waals surface area contributed by atoms with Gasteiger partial charge in [-0.2, -0.15) is 0 Å². The Morgan fingerprint density at radius 3 is 2.06 bits per heavy atom. The molecule has 0 atom stereocenters. The fourth-order valence-electron chi connectivity index (χ4n) is 5.26. The van der Waals surface area contributed by atoms with Crippen LogP contribution in [0.25, 0.3) is 28.2 Å². The Hall–Kier alpha value is -3.13. The van der Waals surface area contributed by atoms with Crippen molar-refractivity contribution in [1.29, 1.82) is 0 Å². The minimum absolute atomic E-state index is 0.0844. The fraction of sp³-hybridized carbons (Fsp3) is 0.344. The van der Waals surface area contributed by atoms with Gasteiger partial charge in [-0.1, -0.05) is 70.2 Å². The molecule has 0 radical (unpaired) electrons. The summed E-state index contributed by atoms with van der Waals surface area (Å²) in [6, 6.07) is 20.1. The standard InChI is InChI=1S/C32H38N2/c1-8-25-20-28(32(7,9-2)10-3)27(21-26(25)30-23(5)15-13-16-24(30)6)31-33-18-19-34(31)29-17-12-11-14-22(29)4/h11-21H,8-10H2,1-7H3. The highest BCUT2D eigenvalue weighted by Gasteiger charge is 2.29.